The Hall–Kier alpha value is -3.16. The van der Waals surface area contributed by atoms with Gasteiger partial charge in [0.25, 0.3) is 5.69 Å². The summed E-state index contributed by atoms with van der Waals surface area (Å²) in [4.78, 5) is 35.4. The topological polar surface area (TPSA) is 122 Å². The van der Waals surface area contributed by atoms with Crippen molar-refractivity contribution in [3.8, 4) is 5.40 Å². The number of benzene rings is 1. The number of non-ortho nitro benzene ring substituents is 1. The number of thioether (sulfide) groups is 1. The molecule has 28 heavy (non-hydrogen) atoms. The van der Waals surface area contributed by atoms with Crippen LogP contribution in [0.2, 0.25) is 0 Å². The molecule has 8 nitrogen and oxygen atoms in total. The molecule has 0 aliphatic heterocycles. The number of amides is 1. The van der Waals surface area contributed by atoms with Crippen LogP contribution in [0.3, 0.4) is 0 Å². The molecular weight excluding hydrogens is 402 g/mol. The summed E-state index contributed by atoms with van der Waals surface area (Å²) < 4.78 is 4.99. The Labute approximate surface area is 169 Å². The number of hydrogen-bond donors (Lipinski definition) is 1. The minimum atomic E-state index is -0.520. The van der Waals surface area contributed by atoms with Crippen molar-refractivity contribution in [3.05, 3.63) is 56.5 Å². The van der Waals surface area contributed by atoms with Crippen LogP contribution in [-0.4, -0.2) is 23.4 Å². The fourth-order valence-electron chi connectivity index (χ4n) is 2.21. The number of ether oxygens (including phenoxy) is 1. The van der Waals surface area contributed by atoms with Crippen LogP contribution in [0.1, 0.15) is 27.7 Å². The van der Waals surface area contributed by atoms with Gasteiger partial charge in [-0.3, -0.25) is 14.9 Å². The quantitative estimate of drug-likeness (QED) is 0.177. The molecule has 2 aromatic rings. The number of thiocyanates is 1. The van der Waals surface area contributed by atoms with E-state index in [0.717, 1.165) is 23.1 Å². The monoisotopic (exact) mass is 417 g/mol. The molecule has 0 unspecified atom stereocenters. The van der Waals surface area contributed by atoms with Gasteiger partial charge >= 0.3 is 5.97 Å². The molecule has 1 N–H and O–H groups in total. The number of nitriles is 1. The van der Waals surface area contributed by atoms with E-state index in [1.54, 1.807) is 19.9 Å². The summed E-state index contributed by atoms with van der Waals surface area (Å²) in [5.74, 6) is -1.01. The Morgan fingerprint density at radius 1 is 1.46 bits per heavy atom. The van der Waals surface area contributed by atoms with Gasteiger partial charge in [-0.2, -0.15) is 5.26 Å². The third kappa shape index (κ3) is 5.18. The van der Waals surface area contributed by atoms with Gasteiger partial charge in [0, 0.05) is 18.2 Å². The molecule has 1 aromatic heterocycles. The van der Waals surface area contributed by atoms with Crippen LogP contribution in [-0.2, 0) is 9.53 Å². The van der Waals surface area contributed by atoms with Crippen LogP contribution < -0.4 is 5.32 Å². The summed E-state index contributed by atoms with van der Waals surface area (Å²) in [5, 5.41) is 24.7. The number of nitrogens with zero attached hydrogens (tertiary/aromatic N) is 2. The highest BCUT2D eigenvalue weighted by Crippen LogP contribution is 2.40. The molecule has 144 valence electrons. The summed E-state index contributed by atoms with van der Waals surface area (Å²) in [5.41, 5.74) is 0.974. The first kappa shape index (κ1) is 21.1. The number of thiophene rings is 1. The van der Waals surface area contributed by atoms with E-state index in [1.165, 1.54) is 30.4 Å². The van der Waals surface area contributed by atoms with Crippen LogP contribution in [0.25, 0.3) is 6.08 Å². The molecule has 10 heteroatoms. The van der Waals surface area contributed by atoms with Crippen LogP contribution in [0.15, 0.2) is 35.2 Å². The third-order valence-corrected chi connectivity index (χ3v) is 5.57. The largest absolute Gasteiger partial charge is 0.462 e. The summed E-state index contributed by atoms with van der Waals surface area (Å²) in [6.07, 6.45) is 2.66. The van der Waals surface area contributed by atoms with Crippen LogP contribution in [0.5, 0.6) is 0 Å². The van der Waals surface area contributed by atoms with Crippen molar-refractivity contribution < 1.29 is 19.2 Å². The van der Waals surface area contributed by atoms with Gasteiger partial charge in [-0.15, -0.1) is 11.3 Å². The van der Waals surface area contributed by atoms with Crippen molar-refractivity contribution >= 4 is 51.7 Å². The van der Waals surface area contributed by atoms with E-state index in [-0.39, 0.29) is 12.3 Å². The average molecular weight is 417 g/mol. The average Bonchev–Trinajstić information content (AvgIpc) is 2.97. The first-order valence-electron chi connectivity index (χ1n) is 7.97. The normalized spacial score (nSPS) is 10.5. The number of nitro benzene ring substituents is 1. The van der Waals surface area contributed by atoms with E-state index >= 15 is 0 Å². The third-order valence-electron chi connectivity index (χ3n) is 3.44. The van der Waals surface area contributed by atoms with E-state index in [2.05, 4.69) is 5.32 Å². The maximum atomic E-state index is 12.2. The van der Waals surface area contributed by atoms with Crippen molar-refractivity contribution in [2.45, 2.75) is 18.7 Å². The lowest BCUT2D eigenvalue weighted by atomic mass is 10.2. The lowest BCUT2D eigenvalue weighted by Gasteiger charge is -2.01. The number of nitro groups is 1. The molecule has 0 spiro atoms. The van der Waals surface area contributed by atoms with Gasteiger partial charge in [-0.1, -0.05) is 12.1 Å². The number of anilines is 1. The second kappa shape index (κ2) is 9.68. The van der Waals surface area contributed by atoms with Crippen molar-refractivity contribution in [2.24, 2.45) is 0 Å². The van der Waals surface area contributed by atoms with Gasteiger partial charge in [0.05, 0.1) is 16.4 Å². The van der Waals surface area contributed by atoms with Crippen molar-refractivity contribution in [3.63, 3.8) is 0 Å². The maximum absolute atomic E-state index is 12.2. The summed E-state index contributed by atoms with van der Waals surface area (Å²) in [7, 11) is 0. The second-order valence-electron chi connectivity index (χ2n) is 5.30. The standard InChI is InChI=1S/C18H15N3O5S2/c1-3-26-18(23)16-11(2)15(27-10-19)17(28-16)20-14(22)8-7-12-5-4-6-13(9-12)21(24)25/h4-9H,3H2,1-2H3,(H,20,22)/b8-7+. The Balaban J connectivity index is 2.22. The molecule has 2 rings (SSSR count). The zero-order chi connectivity index (χ0) is 20.7. The molecule has 0 saturated carbocycles. The first-order valence-corrected chi connectivity index (χ1v) is 9.60. The van der Waals surface area contributed by atoms with Crippen LogP contribution >= 0.6 is 23.1 Å². The van der Waals surface area contributed by atoms with Crippen molar-refractivity contribution in [1.29, 1.82) is 5.26 Å². The number of carbonyl (C=O) groups is 2. The Morgan fingerprint density at radius 3 is 2.86 bits per heavy atom. The first-order chi connectivity index (χ1) is 13.4. The highest BCUT2D eigenvalue weighted by molar-refractivity contribution is 8.04. The van der Waals surface area contributed by atoms with Gasteiger partial charge in [-0.25, -0.2) is 4.79 Å². The zero-order valence-electron chi connectivity index (χ0n) is 14.9. The van der Waals surface area contributed by atoms with E-state index in [9.17, 15) is 19.7 Å². The predicted molar refractivity (Wildman–Crippen MR) is 107 cm³/mol. The minimum Gasteiger partial charge on any atom is -0.462 e. The Bertz CT molecular complexity index is 992. The van der Waals surface area contributed by atoms with Gasteiger partial charge in [0.1, 0.15) is 15.3 Å². The predicted octanol–water partition coefficient (Wildman–Crippen LogP) is 4.37. The van der Waals surface area contributed by atoms with Crippen molar-refractivity contribution in [2.75, 3.05) is 11.9 Å². The van der Waals surface area contributed by atoms with Crippen molar-refractivity contribution in [1.82, 2.24) is 0 Å². The lowest BCUT2D eigenvalue weighted by Crippen LogP contribution is -2.07. The lowest BCUT2D eigenvalue weighted by molar-refractivity contribution is -0.384. The summed E-state index contributed by atoms with van der Waals surface area (Å²) in [6, 6.07) is 5.84. The SMILES string of the molecule is CCOC(=O)c1sc(NC(=O)/C=C/c2cccc([N+](=O)[O-])c2)c(SC#N)c1C. The number of carbonyl (C=O) groups excluding carboxylic acids is 2. The molecule has 0 saturated heterocycles. The molecule has 0 bridgehead atoms. The smallest absolute Gasteiger partial charge is 0.348 e. The fourth-order valence-corrected chi connectivity index (χ4v) is 4.01. The Morgan fingerprint density at radius 2 is 2.21 bits per heavy atom. The Kier molecular flexibility index (Phi) is 7.31. The second-order valence-corrected chi connectivity index (χ2v) is 7.12. The van der Waals surface area contributed by atoms with Crippen LogP contribution in [0, 0.1) is 27.7 Å². The summed E-state index contributed by atoms with van der Waals surface area (Å²) in [6.45, 7) is 3.58. The molecule has 1 heterocycles. The highest BCUT2D eigenvalue weighted by atomic mass is 32.2. The molecule has 0 atom stereocenters. The summed E-state index contributed by atoms with van der Waals surface area (Å²) >= 11 is 1.87. The van der Waals surface area contributed by atoms with E-state index in [0.29, 0.717) is 25.9 Å². The maximum Gasteiger partial charge on any atom is 0.348 e. The fraction of sp³-hybridized carbons (Fsp3) is 0.167. The molecule has 1 aromatic carbocycles. The van der Waals surface area contributed by atoms with E-state index < -0.39 is 16.8 Å². The van der Waals surface area contributed by atoms with E-state index in [4.69, 9.17) is 10.00 Å². The number of rotatable bonds is 7. The highest BCUT2D eigenvalue weighted by Gasteiger charge is 2.22. The van der Waals surface area contributed by atoms with E-state index in [1.807, 2.05) is 5.40 Å². The molecular formula is C18H15N3O5S2. The zero-order valence-corrected chi connectivity index (χ0v) is 16.6. The number of hydrogen-bond acceptors (Lipinski definition) is 8. The van der Waals surface area contributed by atoms with Crippen LogP contribution in [0.4, 0.5) is 10.7 Å². The van der Waals surface area contributed by atoms with Gasteiger partial charge in [0.15, 0.2) is 0 Å². The number of esters is 1. The minimum absolute atomic E-state index is 0.0803. The molecule has 0 aliphatic carbocycles. The molecule has 0 aliphatic rings. The molecule has 0 radical (unpaired) electrons. The molecule has 1 amide bonds. The molecule has 0 fully saturated rings. The van der Waals surface area contributed by atoms with Gasteiger partial charge < -0.3 is 10.1 Å². The number of nitrogens with one attached hydrogen (secondary N) is 1. The van der Waals surface area contributed by atoms with Gasteiger partial charge in [-0.05, 0) is 42.8 Å². The van der Waals surface area contributed by atoms with Gasteiger partial charge in [0.2, 0.25) is 5.91 Å².